The van der Waals surface area contributed by atoms with Gasteiger partial charge < -0.3 is 16.2 Å². The topological polar surface area (TPSA) is 92.4 Å². The quantitative estimate of drug-likeness (QED) is 0.552. The number of rotatable bonds is 5. The first-order valence-electron chi connectivity index (χ1n) is 4.27. The van der Waals surface area contributed by atoms with Crippen molar-refractivity contribution in [3.63, 3.8) is 0 Å². The average molecular weight is 188 g/mol. The van der Waals surface area contributed by atoms with E-state index in [2.05, 4.69) is 5.32 Å². The Morgan fingerprint density at radius 1 is 1.54 bits per heavy atom. The predicted octanol–water partition coefficient (Wildman–Crippen LogP) is -0.297. The van der Waals surface area contributed by atoms with E-state index in [0.29, 0.717) is 6.42 Å². The molecule has 0 spiro atoms. The summed E-state index contributed by atoms with van der Waals surface area (Å²) in [6.07, 6.45) is 1.37. The summed E-state index contributed by atoms with van der Waals surface area (Å²) < 4.78 is 0. The normalized spacial score (nSPS) is 14.7. The summed E-state index contributed by atoms with van der Waals surface area (Å²) >= 11 is 0. The molecule has 0 aliphatic heterocycles. The van der Waals surface area contributed by atoms with E-state index in [4.69, 9.17) is 10.8 Å². The second-order valence-corrected chi connectivity index (χ2v) is 2.96. The molecule has 1 amide bonds. The minimum Gasteiger partial charge on any atom is -0.480 e. The van der Waals surface area contributed by atoms with Crippen molar-refractivity contribution < 1.29 is 14.7 Å². The molecular weight excluding hydrogens is 172 g/mol. The third kappa shape index (κ3) is 4.47. The van der Waals surface area contributed by atoms with Crippen molar-refractivity contribution in [2.45, 2.75) is 38.8 Å². The van der Waals surface area contributed by atoms with Gasteiger partial charge in [0.05, 0.1) is 6.04 Å². The summed E-state index contributed by atoms with van der Waals surface area (Å²) in [6, 6.07) is -1.48. The molecule has 0 aromatic carbocycles. The second-order valence-electron chi connectivity index (χ2n) is 2.96. The molecule has 0 bridgehead atoms. The van der Waals surface area contributed by atoms with Crippen LogP contribution in [0.15, 0.2) is 0 Å². The number of hydrogen-bond donors (Lipinski definition) is 3. The zero-order valence-electron chi connectivity index (χ0n) is 7.91. The number of nitrogens with two attached hydrogens (primary N) is 1. The highest BCUT2D eigenvalue weighted by Gasteiger charge is 2.18. The molecule has 5 nitrogen and oxygen atoms in total. The molecule has 4 N–H and O–H groups in total. The molecule has 76 valence electrons. The Balaban J connectivity index is 3.92. The van der Waals surface area contributed by atoms with Gasteiger partial charge in [-0.3, -0.25) is 9.59 Å². The predicted molar refractivity (Wildman–Crippen MR) is 48.1 cm³/mol. The van der Waals surface area contributed by atoms with Crippen LogP contribution in [0.4, 0.5) is 0 Å². The van der Waals surface area contributed by atoms with Gasteiger partial charge in [-0.25, -0.2) is 0 Å². The summed E-state index contributed by atoms with van der Waals surface area (Å²) in [7, 11) is 0. The summed E-state index contributed by atoms with van der Waals surface area (Å²) in [6.45, 7) is 3.31. The lowest BCUT2D eigenvalue weighted by Crippen LogP contribution is -2.47. The molecule has 0 aromatic rings. The van der Waals surface area contributed by atoms with Gasteiger partial charge in [-0.1, -0.05) is 13.3 Å². The molecule has 0 unspecified atom stereocenters. The number of carboxylic acid groups (broad SMARTS) is 1. The van der Waals surface area contributed by atoms with E-state index in [1.54, 1.807) is 0 Å². The highest BCUT2D eigenvalue weighted by molar-refractivity contribution is 5.86. The van der Waals surface area contributed by atoms with Crippen LogP contribution in [0.5, 0.6) is 0 Å². The van der Waals surface area contributed by atoms with Gasteiger partial charge in [0, 0.05) is 0 Å². The van der Waals surface area contributed by atoms with Crippen LogP contribution in [0.1, 0.15) is 26.7 Å². The first kappa shape index (κ1) is 11.9. The van der Waals surface area contributed by atoms with Crippen molar-refractivity contribution in [3.05, 3.63) is 0 Å². The van der Waals surface area contributed by atoms with Crippen LogP contribution in [-0.2, 0) is 9.59 Å². The van der Waals surface area contributed by atoms with Crippen LogP contribution in [0.2, 0.25) is 0 Å². The Morgan fingerprint density at radius 3 is 2.46 bits per heavy atom. The van der Waals surface area contributed by atoms with E-state index in [1.165, 1.54) is 6.92 Å². The minimum absolute atomic E-state index is 0.406. The Hall–Kier alpha value is -1.10. The standard InChI is InChI=1S/C8H16N2O3/c1-3-4-6(9)7(11)10-5(2)8(12)13/h5-6H,3-4,9H2,1-2H3,(H,10,11)(H,12,13)/t5-,6+/m0/s1. The molecule has 0 aliphatic rings. The summed E-state index contributed by atoms with van der Waals surface area (Å²) in [4.78, 5) is 21.5. The van der Waals surface area contributed by atoms with Crippen LogP contribution in [0.25, 0.3) is 0 Å². The number of carboxylic acids is 1. The highest BCUT2D eigenvalue weighted by atomic mass is 16.4. The molecule has 0 aliphatic carbocycles. The zero-order valence-corrected chi connectivity index (χ0v) is 7.91. The van der Waals surface area contributed by atoms with Crippen LogP contribution >= 0.6 is 0 Å². The van der Waals surface area contributed by atoms with Crippen LogP contribution in [0.3, 0.4) is 0 Å². The highest BCUT2D eigenvalue weighted by Crippen LogP contribution is 1.93. The van der Waals surface area contributed by atoms with Gasteiger partial charge in [0.15, 0.2) is 0 Å². The van der Waals surface area contributed by atoms with Gasteiger partial charge in [-0.05, 0) is 13.3 Å². The minimum atomic E-state index is -1.06. The summed E-state index contributed by atoms with van der Waals surface area (Å²) in [5.74, 6) is -1.46. The Kier molecular flexibility index (Phi) is 5.06. The van der Waals surface area contributed by atoms with Gasteiger partial charge in [0.2, 0.25) is 5.91 Å². The van der Waals surface area contributed by atoms with Crippen molar-refractivity contribution in [2.75, 3.05) is 0 Å². The molecule has 0 saturated carbocycles. The number of aliphatic carboxylic acids is 1. The first-order chi connectivity index (χ1) is 5.99. The van der Waals surface area contributed by atoms with Gasteiger partial charge >= 0.3 is 5.97 Å². The molecule has 0 aromatic heterocycles. The van der Waals surface area contributed by atoms with Gasteiger partial charge in [-0.2, -0.15) is 0 Å². The fourth-order valence-electron chi connectivity index (χ4n) is 0.824. The van der Waals surface area contributed by atoms with Gasteiger partial charge in [0.1, 0.15) is 6.04 Å². The van der Waals surface area contributed by atoms with E-state index < -0.39 is 24.0 Å². The SMILES string of the molecule is CCC[C@@H](N)C(=O)N[C@@H](C)C(=O)O. The molecule has 0 radical (unpaired) electrons. The average Bonchev–Trinajstić information content (AvgIpc) is 2.04. The Morgan fingerprint density at radius 2 is 2.08 bits per heavy atom. The van der Waals surface area contributed by atoms with Gasteiger partial charge in [0.25, 0.3) is 0 Å². The second kappa shape index (κ2) is 5.53. The van der Waals surface area contributed by atoms with Crippen molar-refractivity contribution >= 4 is 11.9 Å². The smallest absolute Gasteiger partial charge is 0.325 e. The molecule has 2 atom stereocenters. The monoisotopic (exact) mass is 188 g/mol. The molecular formula is C8H16N2O3. The zero-order chi connectivity index (χ0) is 10.4. The largest absolute Gasteiger partial charge is 0.480 e. The van der Waals surface area contributed by atoms with Gasteiger partial charge in [-0.15, -0.1) is 0 Å². The molecule has 0 saturated heterocycles. The third-order valence-corrected chi connectivity index (χ3v) is 1.67. The van der Waals surface area contributed by atoms with E-state index in [-0.39, 0.29) is 0 Å². The maximum absolute atomic E-state index is 11.1. The molecule has 0 heterocycles. The molecule has 0 fully saturated rings. The Labute approximate surface area is 77.3 Å². The molecule has 13 heavy (non-hydrogen) atoms. The number of carbonyl (C=O) groups excluding carboxylic acids is 1. The van der Waals surface area contributed by atoms with Crippen LogP contribution in [0, 0.1) is 0 Å². The lowest BCUT2D eigenvalue weighted by atomic mass is 10.1. The number of nitrogens with one attached hydrogen (secondary N) is 1. The molecule has 0 rings (SSSR count). The van der Waals surface area contributed by atoms with E-state index >= 15 is 0 Å². The van der Waals surface area contributed by atoms with E-state index in [9.17, 15) is 9.59 Å². The van der Waals surface area contributed by atoms with Crippen molar-refractivity contribution in [1.82, 2.24) is 5.32 Å². The number of hydrogen-bond acceptors (Lipinski definition) is 3. The van der Waals surface area contributed by atoms with Crippen LogP contribution in [-0.4, -0.2) is 29.1 Å². The summed E-state index contributed by atoms with van der Waals surface area (Å²) in [5.41, 5.74) is 5.47. The lowest BCUT2D eigenvalue weighted by molar-refractivity contribution is -0.141. The fraction of sp³-hybridized carbons (Fsp3) is 0.750. The molecule has 5 heteroatoms. The summed E-state index contributed by atoms with van der Waals surface area (Å²) in [5, 5.41) is 10.8. The maximum atomic E-state index is 11.1. The van der Waals surface area contributed by atoms with E-state index in [0.717, 1.165) is 6.42 Å². The van der Waals surface area contributed by atoms with E-state index in [1.807, 2.05) is 6.92 Å². The van der Waals surface area contributed by atoms with Crippen molar-refractivity contribution in [1.29, 1.82) is 0 Å². The van der Waals surface area contributed by atoms with Crippen molar-refractivity contribution in [3.8, 4) is 0 Å². The lowest BCUT2D eigenvalue weighted by Gasteiger charge is -2.13. The first-order valence-corrected chi connectivity index (χ1v) is 4.27. The third-order valence-electron chi connectivity index (χ3n) is 1.67. The van der Waals surface area contributed by atoms with Crippen molar-refractivity contribution in [2.24, 2.45) is 5.73 Å². The number of carbonyl (C=O) groups is 2. The van der Waals surface area contributed by atoms with Crippen LogP contribution < -0.4 is 11.1 Å². The maximum Gasteiger partial charge on any atom is 0.325 e. The number of amides is 1. The fourth-order valence-corrected chi connectivity index (χ4v) is 0.824. The Bertz CT molecular complexity index is 194.